The van der Waals surface area contributed by atoms with Crippen molar-refractivity contribution in [1.29, 1.82) is 0 Å². The Morgan fingerprint density at radius 1 is 1.18 bits per heavy atom. The van der Waals surface area contributed by atoms with Crippen molar-refractivity contribution in [2.75, 3.05) is 0 Å². The Morgan fingerprint density at radius 2 is 1.91 bits per heavy atom. The molecule has 0 radical (unpaired) electrons. The number of hydrazone groups is 1. The molecule has 3 rings (SSSR count). The molecule has 0 unspecified atom stereocenters. The normalized spacial score (nSPS) is 11.6. The third-order valence-corrected chi connectivity index (χ3v) is 4.19. The summed E-state index contributed by atoms with van der Waals surface area (Å²) in [5.41, 5.74) is 3.78. The van der Waals surface area contributed by atoms with Gasteiger partial charge in [0.05, 0.1) is 21.5 Å². The fraction of sp³-hybridized carbons (Fsp3) is 0.0625. The first-order valence-corrected chi connectivity index (χ1v) is 7.42. The van der Waals surface area contributed by atoms with Crippen LogP contribution >= 0.6 is 11.3 Å². The van der Waals surface area contributed by atoms with Crippen LogP contribution in [-0.2, 0) is 0 Å². The van der Waals surface area contributed by atoms with Crippen molar-refractivity contribution in [3.8, 4) is 0 Å². The number of benzene rings is 2. The monoisotopic (exact) mass is 313 g/mol. The smallest absolute Gasteiger partial charge is 0.267 e. The number of rotatable bonds is 3. The standard InChI is InChI=1S/C16H12FN3OS/c1-10(16-18-13-8-4-5-9-14(13)22-16)19-20-15(21)11-6-2-3-7-12(11)17/h2-9H,1H3,(H,20,21)/b19-10-. The lowest BCUT2D eigenvalue weighted by Gasteiger charge is -2.02. The summed E-state index contributed by atoms with van der Waals surface area (Å²) in [6.07, 6.45) is 0. The van der Waals surface area contributed by atoms with Gasteiger partial charge >= 0.3 is 0 Å². The highest BCUT2D eigenvalue weighted by Gasteiger charge is 2.11. The average Bonchev–Trinajstić information content (AvgIpc) is 2.97. The van der Waals surface area contributed by atoms with Crippen LogP contribution in [0.4, 0.5) is 4.39 Å². The molecule has 0 aliphatic heterocycles. The summed E-state index contributed by atoms with van der Waals surface area (Å²) in [5.74, 6) is -1.16. The number of carbonyl (C=O) groups is 1. The highest BCUT2D eigenvalue weighted by atomic mass is 32.1. The van der Waals surface area contributed by atoms with E-state index in [-0.39, 0.29) is 5.56 Å². The molecule has 3 aromatic rings. The van der Waals surface area contributed by atoms with Crippen LogP contribution in [0, 0.1) is 5.82 Å². The first-order chi connectivity index (χ1) is 10.6. The molecular formula is C16H12FN3OS. The molecule has 1 N–H and O–H groups in total. The maximum Gasteiger partial charge on any atom is 0.274 e. The van der Waals surface area contributed by atoms with Gasteiger partial charge < -0.3 is 0 Å². The van der Waals surface area contributed by atoms with Gasteiger partial charge in [-0.25, -0.2) is 14.8 Å². The molecule has 0 fully saturated rings. The van der Waals surface area contributed by atoms with E-state index in [1.54, 1.807) is 13.0 Å². The summed E-state index contributed by atoms with van der Waals surface area (Å²) in [7, 11) is 0. The Bertz CT molecular complexity index is 839. The van der Waals surface area contributed by atoms with Gasteiger partial charge in [0.2, 0.25) is 0 Å². The van der Waals surface area contributed by atoms with Crippen molar-refractivity contribution in [2.24, 2.45) is 5.10 Å². The van der Waals surface area contributed by atoms with Gasteiger partial charge in [-0.1, -0.05) is 24.3 Å². The molecule has 22 heavy (non-hydrogen) atoms. The number of hydrogen-bond donors (Lipinski definition) is 1. The fourth-order valence-corrected chi connectivity index (χ4v) is 2.83. The van der Waals surface area contributed by atoms with Crippen LogP contribution < -0.4 is 5.43 Å². The lowest BCUT2D eigenvalue weighted by atomic mass is 10.2. The molecule has 6 heteroatoms. The molecular weight excluding hydrogens is 301 g/mol. The zero-order valence-corrected chi connectivity index (χ0v) is 12.5. The number of aromatic nitrogens is 1. The number of thiazole rings is 1. The molecule has 4 nitrogen and oxygen atoms in total. The van der Waals surface area contributed by atoms with Crippen LogP contribution in [0.15, 0.2) is 53.6 Å². The minimum atomic E-state index is -0.585. The van der Waals surface area contributed by atoms with Gasteiger partial charge in [-0.15, -0.1) is 11.3 Å². The molecule has 0 atom stereocenters. The van der Waals surface area contributed by atoms with E-state index in [0.29, 0.717) is 5.71 Å². The van der Waals surface area contributed by atoms with E-state index in [1.807, 2.05) is 24.3 Å². The predicted octanol–water partition coefficient (Wildman–Crippen LogP) is 3.59. The average molecular weight is 313 g/mol. The minimum absolute atomic E-state index is 0.0386. The molecule has 0 aliphatic carbocycles. The van der Waals surface area contributed by atoms with E-state index >= 15 is 0 Å². The molecule has 0 saturated carbocycles. The predicted molar refractivity (Wildman–Crippen MR) is 85.7 cm³/mol. The Balaban J connectivity index is 1.80. The summed E-state index contributed by atoms with van der Waals surface area (Å²) in [6.45, 7) is 1.75. The maximum atomic E-state index is 13.5. The molecule has 1 aromatic heterocycles. The van der Waals surface area contributed by atoms with E-state index in [2.05, 4.69) is 15.5 Å². The number of amides is 1. The van der Waals surface area contributed by atoms with Crippen molar-refractivity contribution in [3.05, 3.63) is 64.9 Å². The van der Waals surface area contributed by atoms with Crippen molar-refractivity contribution in [3.63, 3.8) is 0 Å². The van der Waals surface area contributed by atoms with Crippen molar-refractivity contribution in [2.45, 2.75) is 6.92 Å². The van der Waals surface area contributed by atoms with Crippen LogP contribution in [-0.4, -0.2) is 16.6 Å². The molecule has 0 saturated heterocycles. The van der Waals surface area contributed by atoms with Gasteiger partial charge in [0, 0.05) is 0 Å². The van der Waals surface area contributed by atoms with E-state index in [1.165, 1.54) is 29.5 Å². The molecule has 0 bridgehead atoms. The van der Waals surface area contributed by atoms with E-state index in [9.17, 15) is 9.18 Å². The third-order valence-electron chi connectivity index (χ3n) is 3.05. The Kier molecular flexibility index (Phi) is 3.93. The Morgan fingerprint density at radius 3 is 2.68 bits per heavy atom. The SMILES string of the molecule is C/C(=N/NC(=O)c1ccccc1F)c1nc2ccccc2s1. The summed E-state index contributed by atoms with van der Waals surface area (Å²) < 4.78 is 14.6. The number of nitrogens with one attached hydrogen (secondary N) is 1. The third kappa shape index (κ3) is 2.87. The second-order valence-electron chi connectivity index (χ2n) is 4.60. The van der Waals surface area contributed by atoms with E-state index < -0.39 is 11.7 Å². The molecule has 1 heterocycles. The van der Waals surface area contributed by atoms with E-state index in [0.717, 1.165) is 15.2 Å². The maximum absolute atomic E-state index is 13.5. The van der Waals surface area contributed by atoms with Gasteiger partial charge in [0.15, 0.2) is 0 Å². The molecule has 0 spiro atoms. The Labute approximate surface area is 130 Å². The number of carbonyl (C=O) groups excluding carboxylic acids is 1. The summed E-state index contributed by atoms with van der Waals surface area (Å²) in [6, 6.07) is 13.5. The van der Waals surface area contributed by atoms with Crippen LogP contribution in [0.5, 0.6) is 0 Å². The fourth-order valence-electron chi connectivity index (χ4n) is 1.91. The van der Waals surface area contributed by atoms with Crippen molar-refractivity contribution >= 4 is 33.2 Å². The van der Waals surface area contributed by atoms with Gasteiger partial charge in [0.25, 0.3) is 5.91 Å². The van der Waals surface area contributed by atoms with Gasteiger partial charge in [-0.05, 0) is 31.2 Å². The van der Waals surface area contributed by atoms with Crippen LogP contribution in [0.25, 0.3) is 10.2 Å². The van der Waals surface area contributed by atoms with Gasteiger partial charge in [-0.3, -0.25) is 4.79 Å². The second kappa shape index (κ2) is 6.03. The zero-order chi connectivity index (χ0) is 15.5. The second-order valence-corrected chi connectivity index (χ2v) is 5.64. The van der Waals surface area contributed by atoms with Crippen molar-refractivity contribution in [1.82, 2.24) is 10.4 Å². The van der Waals surface area contributed by atoms with E-state index in [4.69, 9.17) is 0 Å². The van der Waals surface area contributed by atoms with Crippen molar-refractivity contribution < 1.29 is 9.18 Å². The lowest BCUT2D eigenvalue weighted by molar-refractivity contribution is 0.0951. The largest absolute Gasteiger partial charge is 0.274 e. The van der Waals surface area contributed by atoms with Crippen LogP contribution in [0.1, 0.15) is 22.3 Å². The molecule has 0 aliphatic rings. The molecule has 1 amide bonds. The lowest BCUT2D eigenvalue weighted by Crippen LogP contribution is -2.20. The summed E-state index contributed by atoms with van der Waals surface area (Å²) >= 11 is 1.49. The number of hydrogen-bond acceptors (Lipinski definition) is 4. The number of halogens is 1. The number of para-hydroxylation sites is 1. The highest BCUT2D eigenvalue weighted by Crippen LogP contribution is 2.21. The summed E-state index contributed by atoms with van der Waals surface area (Å²) in [5, 5.41) is 4.72. The topological polar surface area (TPSA) is 54.4 Å². The molecule has 110 valence electrons. The minimum Gasteiger partial charge on any atom is -0.267 e. The first kappa shape index (κ1) is 14.3. The van der Waals surface area contributed by atoms with Gasteiger partial charge in [-0.2, -0.15) is 5.10 Å². The molecule has 2 aromatic carbocycles. The number of nitrogens with zero attached hydrogens (tertiary/aromatic N) is 2. The first-order valence-electron chi connectivity index (χ1n) is 6.60. The van der Waals surface area contributed by atoms with Crippen LogP contribution in [0.3, 0.4) is 0 Å². The number of fused-ring (bicyclic) bond motifs is 1. The van der Waals surface area contributed by atoms with Gasteiger partial charge in [0.1, 0.15) is 10.8 Å². The quantitative estimate of drug-likeness (QED) is 0.593. The zero-order valence-electron chi connectivity index (χ0n) is 11.7. The Hall–Kier alpha value is -2.60. The van der Waals surface area contributed by atoms with Crippen LogP contribution in [0.2, 0.25) is 0 Å². The highest BCUT2D eigenvalue weighted by molar-refractivity contribution is 7.20. The summed E-state index contributed by atoms with van der Waals surface area (Å²) in [4.78, 5) is 16.3.